The lowest BCUT2D eigenvalue weighted by Crippen LogP contribution is -2.36. The first-order chi connectivity index (χ1) is 13.5. The molecule has 2 amide bonds. The summed E-state index contributed by atoms with van der Waals surface area (Å²) in [5.41, 5.74) is 7.75. The van der Waals surface area contributed by atoms with Crippen molar-refractivity contribution in [3.05, 3.63) is 65.5 Å². The number of hydrogen-bond acceptors (Lipinski definition) is 3. The molecule has 5 nitrogen and oxygen atoms in total. The van der Waals surface area contributed by atoms with Crippen LogP contribution in [0.5, 0.6) is 0 Å². The summed E-state index contributed by atoms with van der Waals surface area (Å²) in [6, 6.07) is 12.6. The molecule has 2 aromatic carbocycles. The maximum atomic E-state index is 13.0. The average Bonchev–Trinajstić information content (AvgIpc) is 3.18. The summed E-state index contributed by atoms with van der Waals surface area (Å²) in [4.78, 5) is 24.7. The molecule has 0 aromatic heterocycles. The van der Waals surface area contributed by atoms with Crippen molar-refractivity contribution in [2.75, 3.05) is 11.9 Å². The standard InChI is InChI=1S/C22H26FN3O2/c1-14(25-22(28)20-4-2-3-17(20)13-24)15-7-11-19(12-8-15)26-21(27)16-5-9-18(23)10-6-16/h5-12,14,17,20H,2-4,13,24H2,1H3,(H,25,28)(H,26,27)/t14?,17-,20-/m1/s1. The number of anilines is 1. The van der Waals surface area contributed by atoms with Gasteiger partial charge in [0.2, 0.25) is 5.91 Å². The van der Waals surface area contributed by atoms with E-state index in [9.17, 15) is 14.0 Å². The number of rotatable bonds is 6. The van der Waals surface area contributed by atoms with Crippen molar-refractivity contribution in [1.82, 2.24) is 5.32 Å². The minimum Gasteiger partial charge on any atom is -0.349 e. The largest absolute Gasteiger partial charge is 0.349 e. The number of hydrogen-bond donors (Lipinski definition) is 3. The van der Waals surface area contributed by atoms with Gasteiger partial charge in [0.25, 0.3) is 5.91 Å². The number of amides is 2. The molecule has 2 aromatic rings. The van der Waals surface area contributed by atoms with Gasteiger partial charge in [-0.3, -0.25) is 9.59 Å². The predicted molar refractivity (Wildman–Crippen MR) is 107 cm³/mol. The van der Waals surface area contributed by atoms with Gasteiger partial charge in [0, 0.05) is 17.2 Å². The van der Waals surface area contributed by atoms with Crippen LogP contribution in [0, 0.1) is 17.7 Å². The van der Waals surface area contributed by atoms with Gasteiger partial charge in [0.15, 0.2) is 0 Å². The smallest absolute Gasteiger partial charge is 0.255 e. The quantitative estimate of drug-likeness (QED) is 0.712. The maximum absolute atomic E-state index is 13.0. The van der Waals surface area contributed by atoms with Crippen LogP contribution < -0.4 is 16.4 Å². The van der Waals surface area contributed by atoms with E-state index >= 15 is 0 Å². The van der Waals surface area contributed by atoms with E-state index in [1.807, 2.05) is 19.1 Å². The third kappa shape index (κ3) is 4.75. The second-order valence-corrected chi connectivity index (χ2v) is 7.35. The first-order valence-corrected chi connectivity index (χ1v) is 9.65. The van der Waals surface area contributed by atoms with Crippen LogP contribution in [0.15, 0.2) is 48.5 Å². The van der Waals surface area contributed by atoms with Gasteiger partial charge in [0.05, 0.1) is 6.04 Å². The molecule has 1 saturated carbocycles. The van der Waals surface area contributed by atoms with Gasteiger partial charge in [-0.15, -0.1) is 0 Å². The first-order valence-electron chi connectivity index (χ1n) is 9.65. The van der Waals surface area contributed by atoms with Gasteiger partial charge >= 0.3 is 0 Å². The molecule has 1 fully saturated rings. The van der Waals surface area contributed by atoms with Crippen LogP contribution in [0.25, 0.3) is 0 Å². The molecule has 1 aliphatic rings. The number of carbonyl (C=O) groups excluding carboxylic acids is 2. The van der Waals surface area contributed by atoms with Crippen LogP contribution >= 0.6 is 0 Å². The van der Waals surface area contributed by atoms with Crippen molar-refractivity contribution >= 4 is 17.5 Å². The monoisotopic (exact) mass is 383 g/mol. The van der Waals surface area contributed by atoms with Crippen LogP contribution in [0.3, 0.4) is 0 Å². The molecule has 0 radical (unpaired) electrons. The van der Waals surface area contributed by atoms with Gasteiger partial charge < -0.3 is 16.4 Å². The topological polar surface area (TPSA) is 84.2 Å². The summed E-state index contributed by atoms with van der Waals surface area (Å²) in [5, 5.41) is 5.86. The lowest BCUT2D eigenvalue weighted by atomic mass is 9.94. The molecule has 4 N–H and O–H groups in total. The summed E-state index contributed by atoms with van der Waals surface area (Å²) >= 11 is 0. The van der Waals surface area contributed by atoms with Crippen molar-refractivity contribution in [2.45, 2.75) is 32.2 Å². The minimum absolute atomic E-state index is 0.00159. The molecule has 0 aliphatic heterocycles. The van der Waals surface area contributed by atoms with Crippen LogP contribution in [0.4, 0.5) is 10.1 Å². The molecule has 0 heterocycles. The maximum Gasteiger partial charge on any atom is 0.255 e. The zero-order valence-corrected chi connectivity index (χ0v) is 16.0. The Labute approximate surface area is 164 Å². The van der Waals surface area contributed by atoms with Crippen LogP contribution in [0.2, 0.25) is 0 Å². The minimum atomic E-state index is -0.382. The van der Waals surface area contributed by atoms with E-state index in [2.05, 4.69) is 10.6 Å². The Morgan fingerprint density at radius 1 is 1.11 bits per heavy atom. The highest BCUT2D eigenvalue weighted by Gasteiger charge is 2.32. The van der Waals surface area contributed by atoms with E-state index in [0.29, 0.717) is 17.8 Å². The fraction of sp³-hybridized carbons (Fsp3) is 0.364. The van der Waals surface area contributed by atoms with Crippen molar-refractivity contribution in [3.8, 4) is 0 Å². The number of carbonyl (C=O) groups is 2. The molecular formula is C22H26FN3O2. The van der Waals surface area contributed by atoms with Crippen molar-refractivity contribution in [1.29, 1.82) is 0 Å². The molecule has 1 unspecified atom stereocenters. The normalized spacial score (nSPS) is 19.8. The summed E-state index contributed by atoms with van der Waals surface area (Å²) in [5.74, 6) is -0.345. The zero-order valence-electron chi connectivity index (χ0n) is 16.0. The van der Waals surface area contributed by atoms with Crippen molar-refractivity contribution < 1.29 is 14.0 Å². The molecule has 0 bridgehead atoms. The highest BCUT2D eigenvalue weighted by molar-refractivity contribution is 6.04. The van der Waals surface area contributed by atoms with E-state index in [0.717, 1.165) is 24.8 Å². The molecule has 0 spiro atoms. The zero-order chi connectivity index (χ0) is 20.1. The predicted octanol–water partition coefficient (Wildman–Crippen LogP) is 3.63. The highest BCUT2D eigenvalue weighted by Crippen LogP contribution is 2.31. The van der Waals surface area contributed by atoms with E-state index in [-0.39, 0.29) is 35.5 Å². The van der Waals surface area contributed by atoms with Crippen molar-refractivity contribution in [2.24, 2.45) is 17.6 Å². The number of nitrogens with one attached hydrogen (secondary N) is 2. The van der Waals surface area contributed by atoms with Crippen LogP contribution in [-0.4, -0.2) is 18.4 Å². The summed E-state index contributed by atoms with van der Waals surface area (Å²) in [6.07, 6.45) is 2.97. The highest BCUT2D eigenvalue weighted by atomic mass is 19.1. The van der Waals surface area contributed by atoms with E-state index in [1.165, 1.54) is 24.3 Å². The molecule has 28 heavy (non-hydrogen) atoms. The second kappa shape index (κ2) is 8.97. The van der Waals surface area contributed by atoms with E-state index < -0.39 is 0 Å². The van der Waals surface area contributed by atoms with Crippen LogP contribution in [-0.2, 0) is 4.79 Å². The molecule has 0 saturated heterocycles. The Hall–Kier alpha value is -2.73. The molecule has 3 atom stereocenters. The number of nitrogens with two attached hydrogens (primary N) is 1. The fourth-order valence-corrected chi connectivity index (χ4v) is 3.73. The average molecular weight is 383 g/mol. The van der Waals surface area contributed by atoms with Crippen molar-refractivity contribution in [3.63, 3.8) is 0 Å². The summed E-state index contributed by atoms with van der Waals surface area (Å²) < 4.78 is 13.0. The Bertz CT molecular complexity index is 821. The van der Waals surface area contributed by atoms with Gasteiger partial charge in [-0.05, 0) is 74.2 Å². The first kappa shape index (κ1) is 20.0. The SMILES string of the molecule is CC(NC(=O)[C@@H]1CCC[C@@H]1CN)c1ccc(NC(=O)c2ccc(F)cc2)cc1. The molecule has 148 valence electrons. The third-order valence-electron chi connectivity index (χ3n) is 5.43. The Morgan fingerprint density at radius 2 is 1.79 bits per heavy atom. The van der Waals surface area contributed by atoms with Gasteiger partial charge in [-0.1, -0.05) is 18.6 Å². The molecular weight excluding hydrogens is 357 g/mol. The van der Waals surface area contributed by atoms with E-state index in [1.54, 1.807) is 12.1 Å². The lowest BCUT2D eigenvalue weighted by Gasteiger charge is -2.21. The lowest BCUT2D eigenvalue weighted by molar-refractivity contribution is -0.126. The number of benzene rings is 2. The second-order valence-electron chi connectivity index (χ2n) is 7.35. The fourth-order valence-electron chi connectivity index (χ4n) is 3.73. The summed E-state index contributed by atoms with van der Waals surface area (Å²) in [7, 11) is 0. The van der Waals surface area contributed by atoms with E-state index in [4.69, 9.17) is 5.73 Å². The van der Waals surface area contributed by atoms with Gasteiger partial charge in [-0.25, -0.2) is 4.39 Å². The Kier molecular flexibility index (Phi) is 6.41. The van der Waals surface area contributed by atoms with Crippen LogP contribution in [0.1, 0.15) is 48.1 Å². The Balaban J connectivity index is 1.58. The van der Waals surface area contributed by atoms with Gasteiger partial charge in [-0.2, -0.15) is 0 Å². The summed E-state index contributed by atoms with van der Waals surface area (Å²) in [6.45, 7) is 2.49. The number of halogens is 1. The third-order valence-corrected chi connectivity index (χ3v) is 5.43. The Morgan fingerprint density at radius 3 is 2.43 bits per heavy atom. The molecule has 1 aliphatic carbocycles. The molecule has 3 rings (SSSR count). The van der Waals surface area contributed by atoms with Gasteiger partial charge in [0.1, 0.15) is 5.82 Å². The molecule has 6 heteroatoms.